The molecule has 4 heteroatoms. The van der Waals surface area contributed by atoms with Crippen LogP contribution in [0.25, 0.3) is 0 Å². The van der Waals surface area contributed by atoms with E-state index in [9.17, 15) is 5.21 Å². The zero-order valence-corrected chi connectivity index (χ0v) is 14.5. The zero-order chi connectivity index (χ0) is 16.4. The Hall–Kier alpha value is -1.05. The smallest absolute Gasteiger partial charge is 0.0582 e. The van der Waals surface area contributed by atoms with Crippen LogP contribution in [0.4, 0.5) is 0 Å². The molecule has 0 atom stereocenters. The summed E-state index contributed by atoms with van der Waals surface area (Å²) >= 11 is 5.85. The molecule has 0 aromatic heterocycles. The molecule has 0 unspecified atom stereocenters. The van der Waals surface area contributed by atoms with E-state index in [4.69, 9.17) is 11.6 Å². The molecule has 0 saturated carbocycles. The number of hydrogen-bond acceptors (Lipinski definition) is 2. The van der Waals surface area contributed by atoms with Gasteiger partial charge in [-0.25, -0.2) is 0 Å². The zero-order valence-electron chi connectivity index (χ0n) is 13.7. The van der Waals surface area contributed by atoms with Crippen molar-refractivity contribution in [2.45, 2.75) is 57.7 Å². The summed E-state index contributed by atoms with van der Waals surface area (Å²) in [6.07, 6.45) is 1.67. The molecule has 0 aliphatic carbocycles. The standard InChI is InChI=1S/C18H24ClN2O/c1-17(2)12-16(13-18(3,4)21(17)22)20-11-5-6-14-7-9-15(19)10-8-14/h7-10,16,20H,11-13H2,1-4H3. The first kappa shape index (κ1) is 17.3. The topological polar surface area (TPSA) is 35.2 Å². The van der Waals surface area contributed by atoms with E-state index < -0.39 is 0 Å². The van der Waals surface area contributed by atoms with Gasteiger partial charge in [-0.05, 0) is 64.8 Å². The van der Waals surface area contributed by atoms with E-state index in [0.717, 1.165) is 23.4 Å². The Bertz CT molecular complexity index is 551. The fourth-order valence-corrected chi connectivity index (χ4v) is 3.41. The Kier molecular flexibility index (Phi) is 5.19. The van der Waals surface area contributed by atoms with Crippen LogP contribution in [0.1, 0.15) is 46.1 Å². The van der Waals surface area contributed by atoms with Gasteiger partial charge < -0.3 is 5.32 Å². The molecule has 3 nitrogen and oxygen atoms in total. The van der Waals surface area contributed by atoms with Crippen molar-refractivity contribution >= 4 is 11.6 Å². The van der Waals surface area contributed by atoms with Crippen LogP contribution in [0.2, 0.25) is 5.02 Å². The molecule has 119 valence electrons. The number of nitrogens with zero attached hydrogens (tertiary/aromatic N) is 1. The SMILES string of the molecule is CC1(C)CC(NCC#Cc2ccc(Cl)cc2)CC(C)(C)N1[O]. The van der Waals surface area contributed by atoms with E-state index >= 15 is 0 Å². The highest BCUT2D eigenvalue weighted by atomic mass is 35.5. The second-order valence-electron chi connectivity index (χ2n) is 7.21. The molecule has 1 aromatic carbocycles. The van der Waals surface area contributed by atoms with Gasteiger partial charge in [0, 0.05) is 27.7 Å². The van der Waals surface area contributed by atoms with Gasteiger partial charge in [0.15, 0.2) is 0 Å². The molecule has 1 aliphatic rings. The second-order valence-corrected chi connectivity index (χ2v) is 7.65. The lowest BCUT2D eigenvalue weighted by molar-refractivity contribution is -0.290. The first-order chi connectivity index (χ1) is 10.2. The van der Waals surface area contributed by atoms with Crippen LogP contribution in [0.15, 0.2) is 24.3 Å². The summed E-state index contributed by atoms with van der Waals surface area (Å²) in [5.74, 6) is 6.26. The lowest BCUT2D eigenvalue weighted by atomic mass is 9.79. The van der Waals surface area contributed by atoms with Crippen molar-refractivity contribution < 1.29 is 5.21 Å². The molecule has 1 saturated heterocycles. The van der Waals surface area contributed by atoms with Crippen LogP contribution in [0, 0.1) is 11.8 Å². The van der Waals surface area contributed by atoms with Gasteiger partial charge in [-0.2, -0.15) is 0 Å². The summed E-state index contributed by atoms with van der Waals surface area (Å²) in [7, 11) is 0. The van der Waals surface area contributed by atoms with Gasteiger partial charge in [-0.15, -0.1) is 10.3 Å². The van der Waals surface area contributed by atoms with E-state index in [0.29, 0.717) is 12.6 Å². The number of benzene rings is 1. The molecule has 2 rings (SSSR count). The molecule has 1 heterocycles. The minimum Gasteiger partial charge on any atom is -0.303 e. The average molecular weight is 320 g/mol. The maximum Gasteiger partial charge on any atom is 0.0582 e. The molecule has 1 aliphatic heterocycles. The third-order valence-corrected chi connectivity index (χ3v) is 4.40. The van der Waals surface area contributed by atoms with Gasteiger partial charge in [-0.3, -0.25) is 0 Å². The lowest BCUT2D eigenvalue weighted by Gasteiger charge is -2.50. The summed E-state index contributed by atoms with van der Waals surface area (Å²) in [5.41, 5.74) is 0.271. The molecular weight excluding hydrogens is 296 g/mol. The van der Waals surface area contributed by atoms with Crippen LogP contribution in [0.5, 0.6) is 0 Å². The van der Waals surface area contributed by atoms with E-state index in [1.54, 1.807) is 0 Å². The molecule has 1 fully saturated rings. The van der Waals surface area contributed by atoms with Gasteiger partial charge in [0.25, 0.3) is 0 Å². The minimum absolute atomic E-state index is 0.315. The number of nitrogens with one attached hydrogen (secondary N) is 1. The third-order valence-electron chi connectivity index (χ3n) is 4.15. The van der Waals surface area contributed by atoms with E-state index in [2.05, 4.69) is 17.2 Å². The fraction of sp³-hybridized carbons (Fsp3) is 0.556. The average Bonchev–Trinajstić information content (AvgIpc) is 2.42. The number of rotatable bonds is 2. The molecule has 0 bridgehead atoms. The van der Waals surface area contributed by atoms with Crippen molar-refractivity contribution in [3.8, 4) is 11.8 Å². The minimum atomic E-state index is -0.344. The van der Waals surface area contributed by atoms with Crippen LogP contribution < -0.4 is 5.32 Å². The highest BCUT2D eigenvalue weighted by molar-refractivity contribution is 6.30. The summed E-state index contributed by atoms with van der Waals surface area (Å²) < 4.78 is 0. The van der Waals surface area contributed by atoms with Crippen LogP contribution in [-0.2, 0) is 5.21 Å². The van der Waals surface area contributed by atoms with Crippen molar-refractivity contribution in [2.75, 3.05) is 6.54 Å². The van der Waals surface area contributed by atoms with E-state index in [-0.39, 0.29) is 11.1 Å². The quantitative estimate of drug-likeness (QED) is 0.845. The Morgan fingerprint density at radius 3 is 2.27 bits per heavy atom. The van der Waals surface area contributed by atoms with Crippen molar-refractivity contribution in [3.63, 3.8) is 0 Å². The normalized spacial score (nSPS) is 21.2. The molecule has 22 heavy (non-hydrogen) atoms. The maximum absolute atomic E-state index is 12.3. The predicted octanol–water partition coefficient (Wildman–Crippen LogP) is 3.65. The van der Waals surface area contributed by atoms with Gasteiger partial charge in [0.1, 0.15) is 0 Å². The van der Waals surface area contributed by atoms with E-state index in [1.165, 1.54) is 5.06 Å². The number of hydroxylamine groups is 2. The largest absolute Gasteiger partial charge is 0.303 e. The molecular formula is C18H24ClN2O. The predicted molar refractivity (Wildman–Crippen MR) is 90.0 cm³/mol. The fourth-order valence-electron chi connectivity index (χ4n) is 3.28. The summed E-state index contributed by atoms with van der Waals surface area (Å²) in [5, 5.41) is 17.7. The Morgan fingerprint density at radius 2 is 1.73 bits per heavy atom. The molecule has 1 N–H and O–H groups in total. The summed E-state index contributed by atoms with van der Waals surface area (Å²) in [6.45, 7) is 8.66. The maximum atomic E-state index is 12.3. The summed E-state index contributed by atoms with van der Waals surface area (Å²) in [4.78, 5) is 0. The van der Waals surface area contributed by atoms with Crippen molar-refractivity contribution in [1.82, 2.24) is 10.4 Å². The van der Waals surface area contributed by atoms with Crippen LogP contribution in [0.3, 0.4) is 0 Å². The van der Waals surface area contributed by atoms with Gasteiger partial charge >= 0.3 is 0 Å². The van der Waals surface area contributed by atoms with Crippen molar-refractivity contribution in [1.29, 1.82) is 0 Å². The Morgan fingerprint density at radius 1 is 1.18 bits per heavy atom. The highest BCUT2D eigenvalue weighted by Gasteiger charge is 2.45. The highest BCUT2D eigenvalue weighted by Crippen LogP contribution is 2.36. The van der Waals surface area contributed by atoms with Gasteiger partial charge in [0.2, 0.25) is 0 Å². The summed E-state index contributed by atoms with van der Waals surface area (Å²) in [6, 6.07) is 7.83. The molecule has 0 amide bonds. The monoisotopic (exact) mass is 319 g/mol. The first-order valence-electron chi connectivity index (χ1n) is 7.66. The van der Waals surface area contributed by atoms with Crippen molar-refractivity contribution in [2.24, 2.45) is 0 Å². The molecule has 0 spiro atoms. The Balaban J connectivity index is 1.91. The van der Waals surface area contributed by atoms with E-state index in [1.807, 2.05) is 52.0 Å². The molecule has 1 radical (unpaired) electrons. The number of piperidine rings is 1. The lowest BCUT2D eigenvalue weighted by Crippen LogP contribution is -2.61. The Labute approximate surface area is 138 Å². The third kappa shape index (κ3) is 4.24. The molecule has 1 aromatic rings. The number of halogens is 1. The van der Waals surface area contributed by atoms with Gasteiger partial charge in [0.05, 0.1) is 6.54 Å². The van der Waals surface area contributed by atoms with Crippen LogP contribution >= 0.6 is 11.6 Å². The van der Waals surface area contributed by atoms with Gasteiger partial charge in [-0.1, -0.05) is 23.4 Å². The number of hydrogen-bond donors (Lipinski definition) is 1. The van der Waals surface area contributed by atoms with Crippen LogP contribution in [-0.4, -0.2) is 28.7 Å². The second kappa shape index (κ2) is 6.60. The van der Waals surface area contributed by atoms with Crippen molar-refractivity contribution in [3.05, 3.63) is 34.9 Å². The first-order valence-corrected chi connectivity index (χ1v) is 8.04.